The van der Waals surface area contributed by atoms with Crippen LogP contribution in [0.3, 0.4) is 0 Å². The number of alkyl halides is 3. The minimum atomic E-state index is -4.60. The fourth-order valence-corrected chi connectivity index (χ4v) is 5.06. The number of halogens is 3. The first-order chi connectivity index (χ1) is 20.2. The summed E-state index contributed by atoms with van der Waals surface area (Å²) in [5.41, 5.74) is 1.84. The molecule has 0 aliphatic carbocycles. The van der Waals surface area contributed by atoms with Crippen LogP contribution < -0.4 is 5.56 Å². The van der Waals surface area contributed by atoms with Crippen molar-refractivity contribution in [3.8, 4) is 5.69 Å². The Labute approximate surface area is 241 Å². The van der Waals surface area contributed by atoms with Gasteiger partial charge in [0.25, 0.3) is 11.5 Å². The van der Waals surface area contributed by atoms with Crippen LogP contribution in [0.4, 0.5) is 13.2 Å². The lowest BCUT2D eigenvalue weighted by atomic mass is 10.1. The molecular weight excluding hydrogens is 539 g/mol. The van der Waals surface area contributed by atoms with Gasteiger partial charge in [-0.05, 0) is 73.4 Å². The van der Waals surface area contributed by atoms with Gasteiger partial charge < -0.3 is 4.90 Å². The Morgan fingerprint density at radius 2 is 1.57 bits per heavy atom. The van der Waals surface area contributed by atoms with Crippen molar-refractivity contribution in [2.75, 3.05) is 6.54 Å². The van der Waals surface area contributed by atoms with Crippen LogP contribution in [0.5, 0.6) is 0 Å². The Bertz CT molecular complexity index is 1760. The first-order valence-electron chi connectivity index (χ1n) is 13.8. The minimum Gasteiger partial charge on any atom is -0.328 e. The van der Waals surface area contributed by atoms with Gasteiger partial charge in [-0.25, -0.2) is 4.98 Å². The molecule has 0 N–H and O–H groups in total. The monoisotopic (exact) mass is 569 g/mol. The molecule has 42 heavy (non-hydrogen) atoms. The van der Waals surface area contributed by atoms with Gasteiger partial charge in [0, 0.05) is 12.1 Å². The van der Waals surface area contributed by atoms with Gasteiger partial charge in [-0.2, -0.15) is 13.2 Å². The van der Waals surface area contributed by atoms with Crippen LogP contribution in [0.2, 0.25) is 0 Å². The number of hydrogen-bond donors (Lipinski definition) is 0. The lowest BCUT2D eigenvalue weighted by Crippen LogP contribution is -2.38. The van der Waals surface area contributed by atoms with Crippen molar-refractivity contribution in [3.05, 3.63) is 142 Å². The number of rotatable bonds is 8. The predicted octanol–water partition coefficient (Wildman–Crippen LogP) is 7.41. The number of carbonyl (C=O) groups excluding carboxylic acids is 1. The number of aromatic nitrogens is 2. The third kappa shape index (κ3) is 5.98. The summed E-state index contributed by atoms with van der Waals surface area (Å²) in [5.74, 6) is -0.267. The number of carbonyl (C=O) groups is 1. The zero-order chi connectivity index (χ0) is 29.9. The molecule has 0 saturated carbocycles. The van der Waals surface area contributed by atoms with Crippen molar-refractivity contribution in [1.82, 2.24) is 14.5 Å². The summed E-state index contributed by atoms with van der Waals surface area (Å²) < 4.78 is 42.1. The van der Waals surface area contributed by atoms with E-state index in [4.69, 9.17) is 4.98 Å². The van der Waals surface area contributed by atoms with E-state index in [-0.39, 0.29) is 17.7 Å². The Morgan fingerprint density at radius 3 is 2.26 bits per heavy atom. The number of benzene rings is 4. The molecule has 214 valence electrons. The molecule has 1 heterocycles. The molecule has 0 aliphatic heterocycles. The molecule has 1 amide bonds. The smallest absolute Gasteiger partial charge is 0.328 e. The minimum absolute atomic E-state index is 0.0910. The largest absolute Gasteiger partial charge is 0.416 e. The second-order valence-electron chi connectivity index (χ2n) is 10.1. The molecule has 8 heteroatoms. The second-order valence-corrected chi connectivity index (χ2v) is 10.1. The highest BCUT2D eigenvalue weighted by Gasteiger charge is 2.33. The fraction of sp³-hybridized carbons (Fsp3) is 0.206. The zero-order valence-electron chi connectivity index (χ0n) is 23.3. The lowest BCUT2D eigenvalue weighted by Gasteiger charge is -2.31. The highest BCUT2D eigenvalue weighted by molar-refractivity contribution is 5.94. The van der Waals surface area contributed by atoms with E-state index >= 15 is 0 Å². The maximum Gasteiger partial charge on any atom is 0.416 e. The van der Waals surface area contributed by atoms with Crippen LogP contribution in [0.25, 0.3) is 16.6 Å². The summed E-state index contributed by atoms with van der Waals surface area (Å²) in [6.07, 6.45) is -3.31. The number of nitrogens with zero attached hydrogens (tertiary/aromatic N) is 3. The summed E-state index contributed by atoms with van der Waals surface area (Å²) in [4.78, 5) is 34.2. The highest BCUT2D eigenvalue weighted by atomic mass is 19.4. The Hall–Kier alpha value is -4.72. The summed E-state index contributed by atoms with van der Waals surface area (Å²) >= 11 is 0. The molecule has 5 rings (SSSR count). The molecule has 1 atom stereocenters. The maximum absolute atomic E-state index is 14.0. The predicted molar refractivity (Wildman–Crippen MR) is 158 cm³/mol. The van der Waals surface area contributed by atoms with Crippen molar-refractivity contribution in [3.63, 3.8) is 0 Å². The Kier molecular flexibility index (Phi) is 8.24. The molecule has 0 bridgehead atoms. The van der Waals surface area contributed by atoms with E-state index in [1.54, 1.807) is 31.2 Å². The van der Waals surface area contributed by atoms with Crippen LogP contribution in [-0.4, -0.2) is 26.9 Å². The second kappa shape index (κ2) is 12.0. The van der Waals surface area contributed by atoms with Gasteiger partial charge in [0.15, 0.2) is 0 Å². The van der Waals surface area contributed by atoms with Crippen molar-refractivity contribution in [1.29, 1.82) is 0 Å². The third-order valence-electron chi connectivity index (χ3n) is 7.43. The first-order valence-corrected chi connectivity index (χ1v) is 13.8. The summed E-state index contributed by atoms with van der Waals surface area (Å²) in [5, 5.41) is 0.424. The van der Waals surface area contributed by atoms with E-state index in [1.807, 2.05) is 61.5 Å². The Balaban J connectivity index is 1.65. The van der Waals surface area contributed by atoms with Crippen molar-refractivity contribution >= 4 is 16.8 Å². The normalized spacial score (nSPS) is 12.3. The maximum atomic E-state index is 14.0. The molecule has 4 aromatic carbocycles. The average Bonchev–Trinajstić information content (AvgIpc) is 3.01. The Morgan fingerprint density at radius 1 is 0.881 bits per heavy atom. The van der Waals surface area contributed by atoms with Crippen LogP contribution in [-0.2, 0) is 19.0 Å². The van der Waals surface area contributed by atoms with Crippen LogP contribution in [0.1, 0.15) is 52.8 Å². The van der Waals surface area contributed by atoms with Gasteiger partial charge in [-0.3, -0.25) is 14.2 Å². The van der Waals surface area contributed by atoms with E-state index in [1.165, 1.54) is 21.6 Å². The number of amides is 1. The SMILES string of the molecule is CCc1ccc(-n2c(C(C)N(CCc3ccccc3)C(=O)c3cccc(C(F)(F)F)c3)nc3ccccc3c2=O)cc1. The van der Waals surface area contributed by atoms with E-state index in [0.29, 0.717) is 28.8 Å². The molecule has 0 radical (unpaired) electrons. The third-order valence-corrected chi connectivity index (χ3v) is 7.43. The zero-order valence-corrected chi connectivity index (χ0v) is 23.3. The van der Waals surface area contributed by atoms with Crippen molar-refractivity contribution in [2.45, 2.75) is 38.9 Å². The summed E-state index contributed by atoms with van der Waals surface area (Å²) in [7, 11) is 0. The molecule has 0 spiro atoms. The lowest BCUT2D eigenvalue weighted by molar-refractivity contribution is -0.137. The summed E-state index contributed by atoms with van der Waals surface area (Å²) in [6, 6.07) is 27.7. The van der Waals surface area contributed by atoms with Gasteiger partial charge >= 0.3 is 6.18 Å². The van der Waals surface area contributed by atoms with Crippen LogP contribution in [0.15, 0.2) is 108 Å². The number of fused-ring (bicyclic) bond motifs is 1. The van der Waals surface area contributed by atoms with Crippen molar-refractivity contribution < 1.29 is 18.0 Å². The van der Waals surface area contributed by atoms with E-state index in [2.05, 4.69) is 0 Å². The van der Waals surface area contributed by atoms with Gasteiger partial charge in [-0.15, -0.1) is 0 Å². The fourth-order valence-electron chi connectivity index (χ4n) is 5.06. The molecular formula is C34H30F3N3O2. The van der Waals surface area contributed by atoms with Gasteiger partial charge in [0.2, 0.25) is 0 Å². The van der Waals surface area contributed by atoms with Crippen LogP contribution >= 0.6 is 0 Å². The highest BCUT2D eigenvalue weighted by Crippen LogP contribution is 2.31. The van der Waals surface area contributed by atoms with Crippen molar-refractivity contribution in [2.24, 2.45) is 0 Å². The quantitative estimate of drug-likeness (QED) is 0.196. The molecule has 0 saturated heterocycles. The molecule has 0 fully saturated rings. The van der Waals surface area contributed by atoms with Gasteiger partial charge in [0.05, 0.1) is 28.2 Å². The number of hydrogen-bond acceptors (Lipinski definition) is 3. The first kappa shape index (κ1) is 28.8. The van der Waals surface area contributed by atoms with Gasteiger partial charge in [-0.1, -0.05) is 67.6 Å². The molecule has 0 aliphatic rings. The molecule has 5 aromatic rings. The molecule has 1 aromatic heterocycles. The van der Waals surface area contributed by atoms with Gasteiger partial charge in [0.1, 0.15) is 5.82 Å². The molecule has 1 unspecified atom stereocenters. The molecule has 5 nitrogen and oxygen atoms in total. The standard InChI is InChI=1S/C34H30F3N3O2/c1-3-24-16-18-28(19-17-24)40-31(38-30-15-8-7-14-29(30)33(40)42)23(2)39(21-20-25-10-5-4-6-11-25)32(41)26-12-9-13-27(22-26)34(35,36)37/h4-19,22-23H,3,20-21H2,1-2H3. The van der Waals surface area contributed by atoms with E-state index < -0.39 is 23.7 Å². The topological polar surface area (TPSA) is 55.2 Å². The van der Waals surface area contributed by atoms with E-state index in [9.17, 15) is 22.8 Å². The number of para-hydroxylation sites is 1. The van der Waals surface area contributed by atoms with Crippen LogP contribution in [0, 0.1) is 0 Å². The van der Waals surface area contributed by atoms with E-state index in [0.717, 1.165) is 29.7 Å². The average molecular weight is 570 g/mol. The summed E-state index contributed by atoms with van der Waals surface area (Å²) in [6.45, 7) is 3.98. The number of aryl methyl sites for hydroxylation is 1.